The van der Waals surface area contributed by atoms with Crippen molar-refractivity contribution in [2.45, 2.75) is 38.6 Å². The van der Waals surface area contributed by atoms with Crippen molar-refractivity contribution in [3.05, 3.63) is 28.8 Å². The molecule has 2 unspecified atom stereocenters. The highest BCUT2D eigenvalue weighted by Gasteiger charge is 2.38. The predicted octanol–water partition coefficient (Wildman–Crippen LogP) is 3.84. The highest BCUT2D eigenvalue weighted by molar-refractivity contribution is 6.32. The molecule has 1 fully saturated rings. The molecule has 0 spiro atoms. The van der Waals surface area contributed by atoms with Crippen molar-refractivity contribution in [3.63, 3.8) is 0 Å². The first-order valence-corrected chi connectivity index (χ1v) is 6.87. The highest BCUT2D eigenvalue weighted by atomic mass is 35.5. The molecule has 1 N–H and O–H groups in total. The van der Waals surface area contributed by atoms with Crippen LogP contribution in [0.2, 0.25) is 5.02 Å². The summed E-state index contributed by atoms with van der Waals surface area (Å²) in [6.45, 7) is 7.69. The summed E-state index contributed by atoms with van der Waals surface area (Å²) < 4.78 is 5.17. The van der Waals surface area contributed by atoms with Gasteiger partial charge >= 0.3 is 0 Å². The van der Waals surface area contributed by atoms with Crippen LogP contribution in [0.1, 0.15) is 38.7 Å². The fourth-order valence-corrected chi connectivity index (χ4v) is 2.50. The number of rotatable bonds is 4. The van der Waals surface area contributed by atoms with Gasteiger partial charge in [-0.1, -0.05) is 17.7 Å². The smallest absolute Gasteiger partial charge is 0.137 e. The van der Waals surface area contributed by atoms with Crippen LogP contribution < -0.4 is 10.1 Å². The molecule has 0 saturated heterocycles. The van der Waals surface area contributed by atoms with E-state index in [1.54, 1.807) is 7.11 Å². The average Bonchev–Trinajstić information content (AvgIpc) is 3.04. The highest BCUT2D eigenvalue weighted by Crippen LogP contribution is 2.48. The molecule has 1 aromatic rings. The normalized spacial score (nSPS) is 22.9. The van der Waals surface area contributed by atoms with Crippen LogP contribution in [0.25, 0.3) is 0 Å². The predicted molar refractivity (Wildman–Crippen MR) is 76.6 cm³/mol. The monoisotopic (exact) mass is 267 g/mol. The standard InChI is InChI=1S/C15H22ClNO/c1-15(2,3)17-9-11-7-12(11)10-5-6-14(18-4)13(16)8-10/h5-6,8,11-12,17H,7,9H2,1-4H3. The lowest BCUT2D eigenvalue weighted by atomic mass is 10.1. The Morgan fingerprint density at radius 1 is 1.39 bits per heavy atom. The summed E-state index contributed by atoms with van der Waals surface area (Å²) in [5.74, 6) is 2.15. The van der Waals surface area contributed by atoms with Crippen LogP contribution in [-0.2, 0) is 0 Å². The number of hydrogen-bond acceptors (Lipinski definition) is 2. The lowest BCUT2D eigenvalue weighted by Gasteiger charge is -2.20. The molecule has 100 valence electrons. The van der Waals surface area contributed by atoms with Gasteiger partial charge in [-0.3, -0.25) is 0 Å². The molecule has 2 atom stereocenters. The fourth-order valence-electron chi connectivity index (χ4n) is 2.23. The van der Waals surface area contributed by atoms with E-state index in [2.05, 4.69) is 32.2 Å². The Labute approximate surface area is 115 Å². The van der Waals surface area contributed by atoms with Crippen molar-refractivity contribution in [3.8, 4) is 5.75 Å². The van der Waals surface area contributed by atoms with E-state index in [1.165, 1.54) is 12.0 Å². The number of nitrogens with one attached hydrogen (secondary N) is 1. The van der Waals surface area contributed by atoms with E-state index in [0.717, 1.165) is 18.2 Å². The molecule has 1 aromatic carbocycles. The Balaban J connectivity index is 1.93. The number of hydrogen-bond donors (Lipinski definition) is 1. The summed E-state index contributed by atoms with van der Waals surface area (Å²) >= 11 is 6.16. The zero-order valence-electron chi connectivity index (χ0n) is 11.6. The Kier molecular flexibility index (Phi) is 3.88. The third kappa shape index (κ3) is 3.39. The van der Waals surface area contributed by atoms with Gasteiger partial charge < -0.3 is 10.1 Å². The topological polar surface area (TPSA) is 21.3 Å². The first-order chi connectivity index (χ1) is 8.40. The minimum atomic E-state index is 0.199. The number of methoxy groups -OCH3 is 1. The van der Waals surface area contributed by atoms with Gasteiger partial charge in [-0.2, -0.15) is 0 Å². The number of halogens is 1. The average molecular weight is 268 g/mol. The van der Waals surface area contributed by atoms with Crippen LogP contribution in [0, 0.1) is 5.92 Å². The van der Waals surface area contributed by atoms with Gasteiger partial charge in [0.2, 0.25) is 0 Å². The summed E-state index contributed by atoms with van der Waals surface area (Å²) in [6, 6.07) is 6.14. The van der Waals surface area contributed by atoms with Crippen molar-refractivity contribution < 1.29 is 4.74 Å². The van der Waals surface area contributed by atoms with Gasteiger partial charge in [0.25, 0.3) is 0 Å². The van der Waals surface area contributed by atoms with E-state index in [9.17, 15) is 0 Å². The minimum Gasteiger partial charge on any atom is -0.495 e. The summed E-state index contributed by atoms with van der Waals surface area (Å²) in [5.41, 5.74) is 1.53. The van der Waals surface area contributed by atoms with Gasteiger partial charge in [0.05, 0.1) is 12.1 Å². The molecule has 0 radical (unpaired) electrons. The molecule has 0 aromatic heterocycles. The van der Waals surface area contributed by atoms with E-state index in [4.69, 9.17) is 16.3 Å². The second kappa shape index (κ2) is 5.10. The maximum atomic E-state index is 6.16. The van der Waals surface area contributed by atoms with E-state index in [-0.39, 0.29) is 5.54 Å². The molecule has 0 heterocycles. The quantitative estimate of drug-likeness (QED) is 0.895. The van der Waals surface area contributed by atoms with Gasteiger partial charge in [-0.25, -0.2) is 0 Å². The SMILES string of the molecule is COc1ccc(C2CC2CNC(C)(C)C)cc1Cl. The lowest BCUT2D eigenvalue weighted by Crippen LogP contribution is -2.37. The molecule has 1 saturated carbocycles. The molecule has 2 nitrogen and oxygen atoms in total. The largest absolute Gasteiger partial charge is 0.495 e. The fraction of sp³-hybridized carbons (Fsp3) is 0.600. The zero-order chi connectivity index (χ0) is 13.3. The molecule has 1 aliphatic carbocycles. The Hall–Kier alpha value is -0.730. The van der Waals surface area contributed by atoms with Crippen LogP contribution >= 0.6 is 11.6 Å². The molecular formula is C15H22ClNO. The van der Waals surface area contributed by atoms with Crippen LogP contribution in [0.3, 0.4) is 0 Å². The van der Waals surface area contributed by atoms with E-state index >= 15 is 0 Å². The van der Waals surface area contributed by atoms with Gasteiger partial charge in [0.15, 0.2) is 0 Å². The Morgan fingerprint density at radius 3 is 2.67 bits per heavy atom. The second-order valence-electron chi connectivity index (χ2n) is 6.13. The van der Waals surface area contributed by atoms with E-state index in [1.807, 2.05) is 12.1 Å². The van der Waals surface area contributed by atoms with Crippen molar-refractivity contribution in [2.24, 2.45) is 5.92 Å². The Morgan fingerprint density at radius 2 is 2.11 bits per heavy atom. The van der Waals surface area contributed by atoms with E-state index in [0.29, 0.717) is 10.9 Å². The molecule has 3 heteroatoms. The van der Waals surface area contributed by atoms with Crippen molar-refractivity contribution in [1.29, 1.82) is 0 Å². The van der Waals surface area contributed by atoms with Gasteiger partial charge in [-0.15, -0.1) is 0 Å². The number of ether oxygens (including phenoxy) is 1. The maximum absolute atomic E-state index is 6.16. The molecule has 1 aliphatic rings. The van der Waals surface area contributed by atoms with Crippen molar-refractivity contribution in [1.82, 2.24) is 5.32 Å². The minimum absolute atomic E-state index is 0.199. The second-order valence-corrected chi connectivity index (χ2v) is 6.53. The maximum Gasteiger partial charge on any atom is 0.137 e. The van der Waals surface area contributed by atoms with Crippen molar-refractivity contribution in [2.75, 3.05) is 13.7 Å². The van der Waals surface area contributed by atoms with Crippen LogP contribution in [-0.4, -0.2) is 19.2 Å². The van der Waals surface area contributed by atoms with Crippen LogP contribution in [0.15, 0.2) is 18.2 Å². The first-order valence-electron chi connectivity index (χ1n) is 6.49. The van der Waals surface area contributed by atoms with Gasteiger partial charge in [-0.05, 0) is 63.3 Å². The third-order valence-electron chi connectivity index (χ3n) is 3.42. The third-order valence-corrected chi connectivity index (χ3v) is 3.72. The molecule has 0 amide bonds. The Bertz CT molecular complexity index is 425. The van der Waals surface area contributed by atoms with Crippen LogP contribution in [0.5, 0.6) is 5.75 Å². The van der Waals surface area contributed by atoms with Crippen LogP contribution in [0.4, 0.5) is 0 Å². The van der Waals surface area contributed by atoms with Gasteiger partial charge in [0, 0.05) is 5.54 Å². The van der Waals surface area contributed by atoms with Gasteiger partial charge in [0.1, 0.15) is 5.75 Å². The first kappa shape index (κ1) is 13.7. The van der Waals surface area contributed by atoms with Crippen molar-refractivity contribution >= 4 is 11.6 Å². The summed E-state index contributed by atoms with van der Waals surface area (Å²) in [6.07, 6.45) is 1.26. The zero-order valence-corrected chi connectivity index (χ0v) is 12.3. The van der Waals surface area contributed by atoms with E-state index < -0.39 is 0 Å². The summed E-state index contributed by atoms with van der Waals surface area (Å²) in [5, 5.41) is 4.28. The summed E-state index contributed by atoms with van der Waals surface area (Å²) in [4.78, 5) is 0. The molecular weight excluding hydrogens is 246 g/mol. The molecule has 18 heavy (non-hydrogen) atoms. The molecule has 0 aliphatic heterocycles. The number of benzene rings is 1. The molecule has 0 bridgehead atoms. The summed E-state index contributed by atoms with van der Waals surface area (Å²) in [7, 11) is 1.65. The lowest BCUT2D eigenvalue weighted by molar-refractivity contribution is 0.413. The molecule has 2 rings (SSSR count).